The zero-order valence-electron chi connectivity index (χ0n) is 11.2. The maximum Gasteiger partial charge on any atom is 0.0726 e. The van der Waals surface area contributed by atoms with E-state index < -0.39 is 0 Å². The van der Waals surface area contributed by atoms with E-state index in [2.05, 4.69) is 30.2 Å². The third-order valence-electron chi connectivity index (χ3n) is 3.33. The number of nitrogens with zero attached hydrogens (tertiary/aromatic N) is 1. The van der Waals surface area contributed by atoms with Crippen LogP contribution in [0.25, 0.3) is 10.9 Å². The van der Waals surface area contributed by atoms with Crippen LogP contribution in [0, 0.1) is 13.8 Å². The van der Waals surface area contributed by atoms with Crippen LogP contribution in [0.3, 0.4) is 0 Å². The van der Waals surface area contributed by atoms with Crippen LogP contribution >= 0.6 is 0 Å². The number of aliphatic hydroxyl groups is 1. The summed E-state index contributed by atoms with van der Waals surface area (Å²) in [6.07, 6.45) is 0.745. The molecule has 2 N–H and O–H groups in total. The van der Waals surface area contributed by atoms with Crippen LogP contribution in [0.5, 0.6) is 0 Å². The van der Waals surface area contributed by atoms with Gasteiger partial charge in [0.15, 0.2) is 0 Å². The Hall–Kier alpha value is -1.61. The molecule has 1 aromatic heterocycles. The van der Waals surface area contributed by atoms with Crippen molar-refractivity contribution in [1.29, 1.82) is 0 Å². The van der Waals surface area contributed by atoms with Crippen LogP contribution in [0.1, 0.15) is 24.6 Å². The van der Waals surface area contributed by atoms with Gasteiger partial charge in [-0.15, -0.1) is 0 Å². The van der Waals surface area contributed by atoms with Crippen molar-refractivity contribution in [2.24, 2.45) is 0 Å². The summed E-state index contributed by atoms with van der Waals surface area (Å²) in [7, 11) is 0. The van der Waals surface area contributed by atoms with Gasteiger partial charge in [-0.2, -0.15) is 0 Å². The zero-order valence-corrected chi connectivity index (χ0v) is 11.2. The molecule has 0 spiro atoms. The fraction of sp³-hybridized carbons (Fsp3) is 0.400. The molecular weight excluding hydrogens is 224 g/mol. The van der Waals surface area contributed by atoms with Gasteiger partial charge in [0.25, 0.3) is 0 Å². The number of aromatic nitrogens is 1. The molecule has 2 rings (SSSR count). The van der Waals surface area contributed by atoms with Crippen molar-refractivity contribution < 1.29 is 5.11 Å². The quantitative estimate of drug-likeness (QED) is 0.869. The van der Waals surface area contributed by atoms with Crippen molar-refractivity contribution in [3.8, 4) is 0 Å². The lowest BCUT2D eigenvalue weighted by Crippen LogP contribution is -2.18. The van der Waals surface area contributed by atoms with Gasteiger partial charge in [-0.05, 0) is 38.8 Å². The van der Waals surface area contributed by atoms with Crippen molar-refractivity contribution in [3.05, 3.63) is 35.5 Å². The number of pyridine rings is 1. The molecule has 1 heterocycles. The average Bonchev–Trinajstić information content (AvgIpc) is 2.35. The summed E-state index contributed by atoms with van der Waals surface area (Å²) >= 11 is 0. The maximum absolute atomic E-state index is 9.00. The maximum atomic E-state index is 9.00. The molecule has 1 atom stereocenters. The van der Waals surface area contributed by atoms with Gasteiger partial charge in [-0.25, -0.2) is 0 Å². The lowest BCUT2D eigenvalue weighted by molar-refractivity contribution is 0.282. The summed E-state index contributed by atoms with van der Waals surface area (Å²) in [6.45, 7) is 6.40. The second kappa shape index (κ2) is 5.36. The third-order valence-corrected chi connectivity index (χ3v) is 3.33. The van der Waals surface area contributed by atoms with Crippen LogP contribution in [0.2, 0.25) is 0 Å². The van der Waals surface area contributed by atoms with E-state index in [1.54, 1.807) is 0 Å². The van der Waals surface area contributed by atoms with Crippen molar-refractivity contribution in [1.82, 2.24) is 4.98 Å². The minimum absolute atomic E-state index is 0.204. The van der Waals surface area contributed by atoms with Gasteiger partial charge in [0.1, 0.15) is 0 Å². The number of hydrogen-bond donors (Lipinski definition) is 2. The van der Waals surface area contributed by atoms with Crippen LogP contribution in [-0.4, -0.2) is 22.7 Å². The Labute approximate surface area is 108 Å². The Morgan fingerprint density at radius 1 is 1.28 bits per heavy atom. The monoisotopic (exact) mass is 244 g/mol. The molecule has 0 saturated carbocycles. The fourth-order valence-corrected chi connectivity index (χ4v) is 2.13. The number of para-hydroxylation sites is 1. The number of rotatable bonds is 4. The molecule has 0 aliphatic heterocycles. The number of hydrogen-bond acceptors (Lipinski definition) is 3. The first-order chi connectivity index (χ1) is 8.63. The standard InChI is InChI=1S/C15H20N2O/c1-10(8-9-18)16-15-11(2)12(3)17-14-7-5-4-6-13(14)15/h4-7,10,18H,8-9H2,1-3H3,(H,16,17)/t10-/m0/s1. The second-order valence-corrected chi connectivity index (χ2v) is 4.77. The molecule has 0 amide bonds. The van der Waals surface area contributed by atoms with E-state index in [0.717, 1.165) is 28.7 Å². The SMILES string of the molecule is Cc1nc2ccccc2c(N[C@@H](C)CCO)c1C. The molecular formula is C15H20N2O. The summed E-state index contributed by atoms with van der Waals surface area (Å²) < 4.78 is 0. The Morgan fingerprint density at radius 3 is 2.72 bits per heavy atom. The minimum Gasteiger partial charge on any atom is -0.396 e. The Bertz CT molecular complexity index is 551. The number of aryl methyl sites for hydroxylation is 1. The molecule has 0 fully saturated rings. The minimum atomic E-state index is 0.204. The summed E-state index contributed by atoms with van der Waals surface area (Å²) in [5.74, 6) is 0. The zero-order chi connectivity index (χ0) is 13.1. The van der Waals surface area contributed by atoms with Crippen LogP contribution in [0.4, 0.5) is 5.69 Å². The smallest absolute Gasteiger partial charge is 0.0726 e. The lowest BCUT2D eigenvalue weighted by atomic mass is 10.1. The highest BCUT2D eigenvalue weighted by Crippen LogP contribution is 2.28. The molecule has 0 bridgehead atoms. The highest BCUT2D eigenvalue weighted by atomic mass is 16.3. The molecule has 2 aromatic rings. The summed E-state index contributed by atoms with van der Waals surface area (Å²) in [5, 5.41) is 13.6. The average molecular weight is 244 g/mol. The van der Waals surface area contributed by atoms with Gasteiger partial charge in [0.2, 0.25) is 0 Å². The van der Waals surface area contributed by atoms with Gasteiger partial charge < -0.3 is 10.4 Å². The summed E-state index contributed by atoms with van der Waals surface area (Å²) in [6, 6.07) is 8.40. The lowest BCUT2D eigenvalue weighted by Gasteiger charge is -2.19. The number of fused-ring (bicyclic) bond motifs is 1. The highest BCUT2D eigenvalue weighted by molar-refractivity contribution is 5.93. The van der Waals surface area contributed by atoms with Crippen LogP contribution in [0.15, 0.2) is 24.3 Å². The first-order valence-electron chi connectivity index (χ1n) is 6.37. The molecule has 96 valence electrons. The molecule has 0 aliphatic carbocycles. The van der Waals surface area contributed by atoms with Gasteiger partial charge >= 0.3 is 0 Å². The van der Waals surface area contributed by atoms with E-state index in [9.17, 15) is 0 Å². The van der Waals surface area contributed by atoms with E-state index in [-0.39, 0.29) is 12.6 Å². The molecule has 3 nitrogen and oxygen atoms in total. The normalized spacial score (nSPS) is 12.7. The van der Waals surface area contributed by atoms with Crippen LogP contribution < -0.4 is 5.32 Å². The molecule has 18 heavy (non-hydrogen) atoms. The van der Waals surface area contributed by atoms with Crippen molar-refractivity contribution >= 4 is 16.6 Å². The number of benzene rings is 1. The van der Waals surface area contributed by atoms with Gasteiger partial charge in [0.05, 0.1) is 5.52 Å². The molecule has 0 saturated heterocycles. The first kappa shape index (κ1) is 12.8. The van der Waals surface area contributed by atoms with Gasteiger partial charge in [-0.3, -0.25) is 4.98 Å². The third kappa shape index (κ3) is 2.46. The molecule has 1 aromatic carbocycles. The van der Waals surface area contributed by atoms with Crippen molar-refractivity contribution in [2.75, 3.05) is 11.9 Å². The van der Waals surface area contributed by atoms with Gasteiger partial charge in [0, 0.05) is 29.4 Å². The van der Waals surface area contributed by atoms with Crippen LogP contribution in [-0.2, 0) is 0 Å². The predicted molar refractivity (Wildman–Crippen MR) is 76.0 cm³/mol. The number of aliphatic hydroxyl groups excluding tert-OH is 1. The number of nitrogens with one attached hydrogen (secondary N) is 1. The van der Waals surface area contributed by atoms with E-state index in [1.807, 2.05) is 25.1 Å². The molecule has 0 unspecified atom stereocenters. The van der Waals surface area contributed by atoms with Crippen molar-refractivity contribution in [2.45, 2.75) is 33.2 Å². The first-order valence-corrected chi connectivity index (χ1v) is 6.37. The predicted octanol–water partition coefficient (Wildman–Crippen LogP) is 3.03. The highest BCUT2D eigenvalue weighted by Gasteiger charge is 2.11. The molecule has 0 aliphatic rings. The summed E-state index contributed by atoms with van der Waals surface area (Å²) in [4.78, 5) is 4.60. The topological polar surface area (TPSA) is 45.2 Å². The summed E-state index contributed by atoms with van der Waals surface area (Å²) in [5.41, 5.74) is 4.38. The fourth-order valence-electron chi connectivity index (χ4n) is 2.13. The Morgan fingerprint density at radius 2 is 2.00 bits per heavy atom. The number of anilines is 1. The van der Waals surface area contributed by atoms with E-state index in [0.29, 0.717) is 0 Å². The molecule has 0 radical (unpaired) electrons. The Balaban J connectivity index is 2.49. The molecule has 3 heteroatoms. The Kier molecular flexibility index (Phi) is 3.82. The van der Waals surface area contributed by atoms with Gasteiger partial charge in [-0.1, -0.05) is 18.2 Å². The van der Waals surface area contributed by atoms with Crippen molar-refractivity contribution in [3.63, 3.8) is 0 Å². The van der Waals surface area contributed by atoms with E-state index in [1.165, 1.54) is 5.56 Å². The second-order valence-electron chi connectivity index (χ2n) is 4.77. The largest absolute Gasteiger partial charge is 0.396 e. The van der Waals surface area contributed by atoms with E-state index >= 15 is 0 Å². The van der Waals surface area contributed by atoms with E-state index in [4.69, 9.17) is 5.11 Å².